The van der Waals surface area contributed by atoms with Crippen molar-refractivity contribution in [3.05, 3.63) is 46.8 Å². The van der Waals surface area contributed by atoms with Crippen molar-refractivity contribution in [2.45, 2.75) is 52.9 Å². The maximum atomic E-state index is 12.1. The van der Waals surface area contributed by atoms with Crippen molar-refractivity contribution in [1.29, 1.82) is 0 Å². The topological polar surface area (TPSA) is 93.5 Å². The second-order valence-electron chi connectivity index (χ2n) is 6.42. The van der Waals surface area contributed by atoms with Crippen LogP contribution < -0.4 is 15.6 Å². The second-order valence-corrected chi connectivity index (χ2v) is 6.42. The molecule has 0 unspecified atom stereocenters. The normalized spacial score (nSPS) is 10.5. The summed E-state index contributed by atoms with van der Waals surface area (Å²) in [6, 6.07) is 6.83. The number of nitrogens with one attached hydrogen (secondary N) is 2. The molecule has 7 nitrogen and oxygen atoms in total. The Morgan fingerprint density at radius 1 is 1.07 bits per heavy atom. The first kappa shape index (κ1) is 20.5. The molecule has 2 aromatic rings. The van der Waals surface area contributed by atoms with Crippen LogP contribution in [-0.2, 0) is 11.2 Å². The van der Waals surface area contributed by atoms with Crippen molar-refractivity contribution in [2.24, 2.45) is 0 Å². The lowest BCUT2D eigenvalue weighted by molar-refractivity contribution is -0.121. The van der Waals surface area contributed by atoms with Gasteiger partial charge in [-0.3, -0.25) is 20.4 Å². The van der Waals surface area contributed by atoms with Crippen LogP contribution in [0.2, 0.25) is 0 Å². The molecule has 0 radical (unpaired) electrons. The van der Waals surface area contributed by atoms with Gasteiger partial charge in [-0.2, -0.15) is 0 Å². The van der Waals surface area contributed by atoms with Gasteiger partial charge in [0, 0.05) is 11.1 Å². The van der Waals surface area contributed by atoms with E-state index in [0.717, 1.165) is 24.2 Å². The lowest BCUT2D eigenvalue weighted by Gasteiger charge is -2.09. The van der Waals surface area contributed by atoms with Gasteiger partial charge in [0.1, 0.15) is 11.5 Å². The Bertz CT molecular complexity index is 734. The molecule has 0 bridgehead atoms. The molecule has 7 heteroatoms. The molecule has 1 aromatic carbocycles. The number of nitrogens with zero attached hydrogens (tertiary/aromatic N) is 1. The fraction of sp³-hybridized carbons (Fsp3) is 0.450. The number of aryl methyl sites for hydroxylation is 2. The van der Waals surface area contributed by atoms with Gasteiger partial charge >= 0.3 is 0 Å². The Hall–Kier alpha value is -2.83. The Balaban J connectivity index is 1.76. The maximum Gasteiger partial charge on any atom is 0.269 e. The highest BCUT2D eigenvalue weighted by atomic mass is 16.5. The molecule has 0 aliphatic heterocycles. The highest BCUT2D eigenvalue weighted by Crippen LogP contribution is 2.14. The molecule has 0 atom stereocenters. The van der Waals surface area contributed by atoms with Crippen LogP contribution in [0.25, 0.3) is 0 Å². The molecule has 2 amide bonds. The van der Waals surface area contributed by atoms with Gasteiger partial charge in [-0.05, 0) is 44.5 Å². The molecular weight excluding hydrogens is 346 g/mol. The zero-order valence-corrected chi connectivity index (χ0v) is 16.1. The van der Waals surface area contributed by atoms with E-state index in [1.807, 2.05) is 0 Å². The van der Waals surface area contributed by atoms with Gasteiger partial charge in [-0.1, -0.05) is 31.3 Å². The van der Waals surface area contributed by atoms with E-state index in [2.05, 4.69) is 22.9 Å². The van der Waals surface area contributed by atoms with Crippen molar-refractivity contribution < 1.29 is 18.8 Å². The van der Waals surface area contributed by atoms with Crippen LogP contribution in [-0.4, -0.2) is 23.6 Å². The summed E-state index contributed by atoms with van der Waals surface area (Å²) in [5.41, 5.74) is 6.63. The zero-order chi connectivity index (χ0) is 19.6. The first-order valence-electron chi connectivity index (χ1n) is 9.25. The number of aromatic nitrogens is 1. The molecule has 2 rings (SSSR count). The number of hydrazine groups is 1. The first-order chi connectivity index (χ1) is 13.0. The molecule has 0 fully saturated rings. The largest absolute Gasteiger partial charge is 0.494 e. The molecular formula is C20H27N3O4. The number of benzene rings is 1. The standard InChI is InChI=1S/C20H27N3O4/c1-4-5-6-7-12-26-17-10-8-16(9-11-17)20(25)22-21-19(24)13-18-14(2)23-27-15(18)3/h8-11H,4-7,12-13H2,1-3H3,(H,21,24)(H,22,25). The number of carbonyl (C=O) groups is 2. The molecule has 0 aliphatic carbocycles. The van der Waals surface area contributed by atoms with E-state index in [9.17, 15) is 9.59 Å². The summed E-state index contributed by atoms with van der Waals surface area (Å²) in [6.45, 7) is 6.35. The minimum atomic E-state index is -0.392. The Labute approximate surface area is 159 Å². The number of hydrogen-bond donors (Lipinski definition) is 2. The molecule has 1 heterocycles. The van der Waals surface area contributed by atoms with Crippen LogP contribution in [0.5, 0.6) is 5.75 Å². The highest BCUT2D eigenvalue weighted by Gasteiger charge is 2.14. The van der Waals surface area contributed by atoms with Gasteiger partial charge in [-0.15, -0.1) is 0 Å². The summed E-state index contributed by atoms with van der Waals surface area (Å²) in [5, 5.41) is 3.80. The summed E-state index contributed by atoms with van der Waals surface area (Å²) in [4.78, 5) is 24.1. The minimum Gasteiger partial charge on any atom is -0.494 e. The van der Waals surface area contributed by atoms with Gasteiger partial charge in [-0.25, -0.2) is 0 Å². The predicted octanol–water partition coefficient (Wildman–Crippen LogP) is 3.25. The van der Waals surface area contributed by atoms with Crippen LogP contribution in [0.3, 0.4) is 0 Å². The summed E-state index contributed by atoms with van der Waals surface area (Å²) < 4.78 is 10.7. The van der Waals surface area contributed by atoms with Crippen LogP contribution in [0.15, 0.2) is 28.8 Å². The maximum absolute atomic E-state index is 12.1. The predicted molar refractivity (Wildman–Crippen MR) is 101 cm³/mol. The minimum absolute atomic E-state index is 0.0895. The SMILES string of the molecule is CCCCCCOc1ccc(C(=O)NNC(=O)Cc2c(C)noc2C)cc1. The summed E-state index contributed by atoms with van der Waals surface area (Å²) in [6.07, 6.45) is 4.67. The molecule has 0 aliphatic rings. The van der Waals surface area contributed by atoms with Crippen LogP contribution in [0, 0.1) is 13.8 Å². The molecule has 146 valence electrons. The summed E-state index contributed by atoms with van der Waals surface area (Å²) >= 11 is 0. The third kappa shape index (κ3) is 6.44. The number of hydrogen-bond acceptors (Lipinski definition) is 5. The van der Waals surface area contributed by atoms with E-state index < -0.39 is 5.91 Å². The van der Waals surface area contributed by atoms with Gasteiger partial charge in [0.2, 0.25) is 5.91 Å². The quantitative estimate of drug-likeness (QED) is 0.520. The first-order valence-corrected chi connectivity index (χ1v) is 9.25. The van der Waals surface area contributed by atoms with Gasteiger partial charge in [0.05, 0.1) is 18.7 Å². The second kappa shape index (κ2) is 10.4. The summed E-state index contributed by atoms with van der Waals surface area (Å²) in [7, 11) is 0. The number of carbonyl (C=O) groups excluding carboxylic acids is 2. The van der Waals surface area contributed by atoms with E-state index >= 15 is 0 Å². The highest BCUT2D eigenvalue weighted by molar-refractivity contribution is 5.95. The lowest BCUT2D eigenvalue weighted by atomic mass is 10.1. The van der Waals surface area contributed by atoms with Gasteiger partial charge in [0.15, 0.2) is 0 Å². The third-order valence-electron chi connectivity index (χ3n) is 4.22. The Kier molecular flexibility index (Phi) is 7.85. The van der Waals surface area contributed by atoms with Crippen molar-refractivity contribution in [2.75, 3.05) is 6.61 Å². The molecule has 1 aromatic heterocycles. The van der Waals surface area contributed by atoms with Crippen LogP contribution >= 0.6 is 0 Å². The van der Waals surface area contributed by atoms with E-state index in [4.69, 9.17) is 9.26 Å². The van der Waals surface area contributed by atoms with E-state index in [0.29, 0.717) is 23.6 Å². The zero-order valence-electron chi connectivity index (χ0n) is 16.1. The van der Waals surface area contributed by atoms with Gasteiger partial charge in [0.25, 0.3) is 5.91 Å². The van der Waals surface area contributed by atoms with Crippen molar-refractivity contribution >= 4 is 11.8 Å². The number of unbranched alkanes of at least 4 members (excludes halogenated alkanes) is 3. The molecule has 0 spiro atoms. The molecule has 0 saturated carbocycles. The Morgan fingerprint density at radius 2 is 1.81 bits per heavy atom. The van der Waals surface area contributed by atoms with Crippen LogP contribution in [0.1, 0.15) is 60.0 Å². The van der Waals surface area contributed by atoms with Crippen LogP contribution in [0.4, 0.5) is 0 Å². The average molecular weight is 373 g/mol. The Morgan fingerprint density at radius 3 is 2.44 bits per heavy atom. The van der Waals surface area contributed by atoms with E-state index in [-0.39, 0.29) is 12.3 Å². The number of rotatable bonds is 9. The van der Waals surface area contributed by atoms with Crippen molar-refractivity contribution in [1.82, 2.24) is 16.0 Å². The lowest BCUT2D eigenvalue weighted by Crippen LogP contribution is -2.42. The number of amides is 2. The van der Waals surface area contributed by atoms with E-state index in [1.54, 1.807) is 38.1 Å². The third-order valence-corrected chi connectivity index (χ3v) is 4.22. The number of ether oxygens (including phenoxy) is 1. The molecule has 0 saturated heterocycles. The smallest absolute Gasteiger partial charge is 0.269 e. The van der Waals surface area contributed by atoms with Crippen molar-refractivity contribution in [3.63, 3.8) is 0 Å². The van der Waals surface area contributed by atoms with Crippen molar-refractivity contribution in [3.8, 4) is 5.75 Å². The summed E-state index contributed by atoms with van der Waals surface area (Å²) in [5.74, 6) is 0.589. The molecule has 2 N–H and O–H groups in total. The molecule has 27 heavy (non-hydrogen) atoms. The fourth-order valence-corrected chi connectivity index (χ4v) is 2.58. The van der Waals surface area contributed by atoms with Gasteiger partial charge < -0.3 is 9.26 Å². The fourth-order valence-electron chi connectivity index (χ4n) is 2.58. The van der Waals surface area contributed by atoms with E-state index in [1.165, 1.54) is 12.8 Å². The monoisotopic (exact) mass is 373 g/mol. The average Bonchev–Trinajstić information content (AvgIpc) is 2.98.